The van der Waals surface area contributed by atoms with Gasteiger partial charge in [-0.25, -0.2) is 4.79 Å². The smallest absolute Gasteiger partial charge is 0.416 e. The molecule has 1 N–H and O–H groups in total. The number of esters is 1. The first kappa shape index (κ1) is 28.2. The summed E-state index contributed by atoms with van der Waals surface area (Å²) in [5.41, 5.74) is -1.14. The number of halogens is 3. The lowest BCUT2D eigenvalue weighted by atomic mass is 9.79. The highest BCUT2D eigenvalue weighted by Gasteiger charge is 2.51. The number of aliphatic hydroxyl groups excluding tert-OH is 1. The number of nitrogens with zero attached hydrogens (tertiary/aromatic N) is 1. The topological polar surface area (TPSA) is 93.1 Å². The van der Waals surface area contributed by atoms with Gasteiger partial charge in [-0.2, -0.15) is 13.2 Å². The third-order valence-electron chi connectivity index (χ3n) is 6.70. The number of benzene rings is 2. The van der Waals surface area contributed by atoms with Crippen LogP contribution in [0.3, 0.4) is 0 Å². The Kier molecular flexibility index (Phi) is 8.96. The monoisotopic (exact) mass is 521 g/mol. The maximum Gasteiger partial charge on any atom is 0.416 e. The first-order valence-corrected chi connectivity index (χ1v) is 11.9. The summed E-state index contributed by atoms with van der Waals surface area (Å²) in [6.45, 7) is 1.52. The Morgan fingerprint density at radius 1 is 1.05 bits per heavy atom. The molecule has 0 bridgehead atoms. The lowest BCUT2D eigenvalue weighted by Gasteiger charge is -2.37. The van der Waals surface area contributed by atoms with Crippen molar-refractivity contribution in [2.45, 2.75) is 57.0 Å². The lowest BCUT2D eigenvalue weighted by Crippen LogP contribution is -2.55. The molecule has 2 aromatic rings. The molecule has 0 radical (unpaired) electrons. The molecule has 1 aliphatic heterocycles. The van der Waals surface area contributed by atoms with E-state index in [9.17, 15) is 32.7 Å². The molecule has 1 aliphatic rings. The normalized spacial score (nSPS) is 19.2. The molecule has 1 saturated heterocycles. The van der Waals surface area contributed by atoms with Crippen molar-refractivity contribution >= 4 is 17.8 Å². The number of ketones is 1. The van der Waals surface area contributed by atoms with E-state index in [2.05, 4.69) is 0 Å². The Bertz CT molecular complexity index is 1090. The number of carbonyl (C=O) groups excluding carboxylic acids is 3. The van der Waals surface area contributed by atoms with E-state index in [1.54, 1.807) is 24.3 Å². The van der Waals surface area contributed by atoms with Crippen LogP contribution in [0, 0.1) is 5.92 Å². The number of rotatable bonds is 9. The SMILES string of the molecule is COC(=O)[C@H](CC(=O)C1(Cc2ccc(C(F)(F)F)cc2)CCCN1C(=O)OCc1ccccc1)[C@H](C)O. The number of methoxy groups -OCH3 is 1. The molecule has 37 heavy (non-hydrogen) atoms. The van der Waals surface area contributed by atoms with Gasteiger partial charge in [0.2, 0.25) is 0 Å². The quantitative estimate of drug-likeness (QED) is 0.487. The molecule has 2 aromatic carbocycles. The molecule has 3 atom stereocenters. The number of hydrogen-bond donors (Lipinski definition) is 1. The summed E-state index contributed by atoms with van der Waals surface area (Å²) >= 11 is 0. The predicted octanol–water partition coefficient (Wildman–Crippen LogP) is 4.55. The molecule has 1 heterocycles. The van der Waals surface area contributed by atoms with Crippen LogP contribution < -0.4 is 0 Å². The number of hydrogen-bond acceptors (Lipinski definition) is 6. The number of likely N-dealkylation sites (tertiary alicyclic amines) is 1. The van der Waals surface area contributed by atoms with E-state index in [0.29, 0.717) is 12.0 Å². The van der Waals surface area contributed by atoms with E-state index < -0.39 is 53.6 Å². The lowest BCUT2D eigenvalue weighted by molar-refractivity contribution is -0.152. The van der Waals surface area contributed by atoms with Crippen LogP contribution in [-0.4, -0.2) is 53.1 Å². The molecule has 7 nitrogen and oxygen atoms in total. The molecular formula is C27H30F3NO6. The van der Waals surface area contributed by atoms with Gasteiger partial charge >= 0.3 is 18.2 Å². The van der Waals surface area contributed by atoms with E-state index in [0.717, 1.165) is 24.8 Å². The second-order valence-corrected chi connectivity index (χ2v) is 9.20. The van der Waals surface area contributed by atoms with Gasteiger partial charge in [0.15, 0.2) is 5.78 Å². The third-order valence-corrected chi connectivity index (χ3v) is 6.70. The number of amides is 1. The van der Waals surface area contributed by atoms with Gasteiger partial charge in [-0.3, -0.25) is 14.5 Å². The average molecular weight is 522 g/mol. The van der Waals surface area contributed by atoms with Gasteiger partial charge in [0.1, 0.15) is 12.1 Å². The molecule has 3 rings (SSSR count). The highest BCUT2D eigenvalue weighted by Crippen LogP contribution is 2.37. The van der Waals surface area contributed by atoms with Crippen LogP contribution in [0.5, 0.6) is 0 Å². The molecule has 1 fully saturated rings. The minimum absolute atomic E-state index is 0.0286. The zero-order valence-corrected chi connectivity index (χ0v) is 20.7. The number of aliphatic hydroxyl groups is 1. The summed E-state index contributed by atoms with van der Waals surface area (Å²) in [5, 5.41) is 10.1. The zero-order chi connectivity index (χ0) is 27.2. The molecule has 0 saturated carbocycles. The Morgan fingerprint density at radius 2 is 1.70 bits per heavy atom. The maximum absolute atomic E-state index is 13.8. The Morgan fingerprint density at radius 3 is 2.27 bits per heavy atom. The van der Waals surface area contributed by atoms with Crippen LogP contribution in [0.1, 0.15) is 42.9 Å². The van der Waals surface area contributed by atoms with Crippen molar-refractivity contribution in [2.75, 3.05) is 13.7 Å². The molecular weight excluding hydrogens is 491 g/mol. The van der Waals surface area contributed by atoms with Crippen LogP contribution in [-0.2, 0) is 38.3 Å². The molecule has 0 aromatic heterocycles. The van der Waals surface area contributed by atoms with Gasteiger partial charge in [0.25, 0.3) is 0 Å². The summed E-state index contributed by atoms with van der Waals surface area (Å²) in [5.74, 6) is -2.44. The fourth-order valence-corrected chi connectivity index (χ4v) is 4.66. The van der Waals surface area contributed by atoms with Crippen LogP contribution in [0.15, 0.2) is 54.6 Å². The van der Waals surface area contributed by atoms with Crippen LogP contribution in [0.4, 0.5) is 18.0 Å². The van der Waals surface area contributed by atoms with E-state index >= 15 is 0 Å². The van der Waals surface area contributed by atoms with Gasteiger partial charge in [-0.15, -0.1) is 0 Å². The molecule has 10 heteroatoms. The molecule has 1 unspecified atom stereocenters. The molecule has 200 valence electrons. The fraction of sp³-hybridized carbons (Fsp3) is 0.444. The van der Waals surface area contributed by atoms with Gasteiger partial charge in [-0.1, -0.05) is 42.5 Å². The summed E-state index contributed by atoms with van der Waals surface area (Å²) in [4.78, 5) is 40.5. The number of alkyl halides is 3. The van der Waals surface area contributed by atoms with Gasteiger partial charge in [-0.05, 0) is 43.0 Å². The highest BCUT2D eigenvalue weighted by atomic mass is 19.4. The largest absolute Gasteiger partial charge is 0.469 e. The highest BCUT2D eigenvalue weighted by molar-refractivity contribution is 5.95. The van der Waals surface area contributed by atoms with Crippen LogP contribution >= 0.6 is 0 Å². The van der Waals surface area contributed by atoms with Crippen LogP contribution in [0.2, 0.25) is 0 Å². The third kappa shape index (κ3) is 6.68. The van der Waals surface area contributed by atoms with Crippen molar-refractivity contribution in [1.29, 1.82) is 0 Å². The summed E-state index contributed by atoms with van der Waals surface area (Å²) in [7, 11) is 1.14. The van der Waals surface area contributed by atoms with Crippen molar-refractivity contribution in [2.24, 2.45) is 5.92 Å². The summed E-state index contributed by atoms with van der Waals surface area (Å²) < 4.78 is 49.4. The van der Waals surface area contributed by atoms with Crippen molar-refractivity contribution in [3.63, 3.8) is 0 Å². The molecule has 0 aliphatic carbocycles. The van der Waals surface area contributed by atoms with Gasteiger partial charge in [0.05, 0.1) is 24.7 Å². The summed E-state index contributed by atoms with van der Waals surface area (Å²) in [6, 6.07) is 13.4. The van der Waals surface area contributed by atoms with Crippen molar-refractivity contribution in [3.05, 3.63) is 71.3 Å². The Labute approximate surface area is 213 Å². The van der Waals surface area contributed by atoms with E-state index in [1.807, 2.05) is 6.07 Å². The first-order valence-electron chi connectivity index (χ1n) is 11.9. The Balaban J connectivity index is 1.92. The van der Waals surface area contributed by atoms with E-state index in [-0.39, 0.29) is 26.0 Å². The molecule has 0 spiro atoms. The maximum atomic E-state index is 13.8. The zero-order valence-electron chi connectivity index (χ0n) is 20.7. The minimum atomic E-state index is -4.52. The summed E-state index contributed by atoms with van der Waals surface area (Å²) in [6.07, 6.45) is -6.26. The van der Waals surface area contributed by atoms with Crippen molar-refractivity contribution < 1.29 is 42.1 Å². The first-order chi connectivity index (χ1) is 17.5. The number of ether oxygens (including phenoxy) is 2. The van der Waals surface area contributed by atoms with Crippen LogP contribution in [0.25, 0.3) is 0 Å². The Hall–Kier alpha value is -3.40. The molecule has 1 amide bonds. The van der Waals surface area contributed by atoms with Gasteiger partial charge in [0, 0.05) is 19.4 Å². The van der Waals surface area contributed by atoms with Crippen molar-refractivity contribution in [3.8, 4) is 0 Å². The standard InChI is InChI=1S/C27H30F3NO6/c1-18(32)22(24(34)36-2)15-23(33)26(16-19-9-11-21(12-10-19)27(28,29)30)13-6-14-31(26)25(35)37-17-20-7-4-3-5-8-20/h3-5,7-12,18,22,32H,6,13-17H2,1-2H3/t18-,22+,26?/m0/s1. The fourth-order valence-electron chi connectivity index (χ4n) is 4.66. The van der Waals surface area contributed by atoms with E-state index in [1.165, 1.54) is 24.0 Å². The average Bonchev–Trinajstić information content (AvgIpc) is 3.30. The predicted molar refractivity (Wildman–Crippen MR) is 127 cm³/mol. The number of Topliss-reactive ketones (excluding diaryl/α,β-unsaturated/α-hetero) is 1. The second kappa shape index (κ2) is 11.8. The van der Waals surface area contributed by atoms with E-state index in [4.69, 9.17) is 9.47 Å². The van der Waals surface area contributed by atoms with Crippen molar-refractivity contribution in [1.82, 2.24) is 4.90 Å². The minimum Gasteiger partial charge on any atom is -0.469 e. The second-order valence-electron chi connectivity index (χ2n) is 9.20. The van der Waals surface area contributed by atoms with Gasteiger partial charge < -0.3 is 14.6 Å². The number of carbonyl (C=O) groups is 3.